The van der Waals surface area contributed by atoms with E-state index in [0.717, 1.165) is 26.1 Å². The summed E-state index contributed by atoms with van der Waals surface area (Å²) in [5, 5.41) is 0. The Bertz CT molecular complexity index is 435. The van der Waals surface area contributed by atoms with Crippen LogP contribution in [0.1, 0.15) is 18.9 Å². The van der Waals surface area contributed by atoms with Gasteiger partial charge in [0.1, 0.15) is 0 Å². The third-order valence-corrected chi connectivity index (χ3v) is 4.77. The first-order chi connectivity index (χ1) is 9.02. The molecule has 4 heteroatoms. The Morgan fingerprint density at radius 1 is 1.37 bits per heavy atom. The van der Waals surface area contributed by atoms with Gasteiger partial charge in [0.05, 0.1) is 0 Å². The maximum Gasteiger partial charge on any atom is 0.0432 e. The van der Waals surface area contributed by atoms with Crippen LogP contribution < -0.4 is 10.6 Å². The molecule has 1 aromatic rings. The normalized spacial score (nSPS) is 24.8. The molecule has 2 rings (SSSR count). The van der Waals surface area contributed by atoms with E-state index >= 15 is 0 Å². The van der Waals surface area contributed by atoms with Gasteiger partial charge in [-0.25, -0.2) is 0 Å². The van der Waals surface area contributed by atoms with Crippen LogP contribution in [0.2, 0.25) is 0 Å². The van der Waals surface area contributed by atoms with E-state index in [1.807, 2.05) is 0 Å². The Kier molecular flexibility index (Phi) is 4.87. The molecular weight excluding hydrogens is 302 g/mol. The summed E-state index contributed by atoms with van der Waals surface area (Å²) in [6.07, 6.45) is 1.04. The number of halogens is 1. The van der Waals surface area contributed by atoms with Gasteiger partial charge in [0.25, 0.3) is 0 Å². The lowest BCUT2D eigenvalue weighted by Crippen LogP contribution is -2.57. The average Bonchev–Trinajstić information content (AvgIpc) is 2.33. The number of nitrogens with zero attached hydrogens (tertiary/aromatic N) is 2. The zero-order valence-corrected chi connectivity index (χ0v) is 13.7. The highest BCUT2D eigenvalue weighted by Crippen LogP contribution is 2.29. The standard InChI is InChI=1S/C15H24BrN3/c1-11-4-5-13(8-15(11)16)19-12(2)9-18(3)10-14(19)6-7-17/h4-5,8,12,14H,6-7,9-10,17H2,1-3H3. The summed E-state index contributed by atoms with van der Waals surface area (Å²) in [6.45, 7) is 7.36. The monoisotopic (exact) mass is 325 g/mol. The molecule has 1 saturated heterocycles. The van der Waals surface area contributed by atoms with E-state index in [0.29, 0.717) is 12.1 Å². The number of hydrogen-bond acceptors (Lipinski definition) is 3. The molecule has 0 spiro atoms. The molecule has 2 N–H and O–H groups in total. The number of anilines is 1. The van der Waals surface area contributed by atoms with Crippen molar-refractivity contribution < 1.29 is 0 Å². The Labute approximate surface area is 124 Å². The molecule has 1 heterocycles. The predicted octanol–water partition coefficient (Wildman–Crippen LogP) is 2.62. The van der Waals surface area contributed by atoms with Gasteiger partial charge in [-0.1, -0.05) is 22.0 Å². The quantitative estimate of drug-likeness (QED) is 0.927. The molecule has 1 aliphatic heterocycles. The topological polar surface area (TPSA) is 32.5 Å². The lowest BCUT2D eigenvalue weighted by atomic mass is 10.0. The summed E-state index contributed by atoms with van der Waals surface area (Å²) in [6, 6.07) is 7.68. The van der Waals surface area contributed by atoms with Crippen LogP contribution in [0.5, 0.6) is 0 Å². The Balaban J connectivity index is 2.29. The van der Waals surface area contributed by atoms with Gasteiger partial charge in [-0.3, -0.25) is 0 Å². The average molecular weight is 326 g/mol. The number of aryl methyl sites for hydroxylation is 1. The zero-order chi connectivity index (χ0) is 14.0. The largest absolute Gasteiger partial charge is 0.363 e. The molecule has 1 fully saturated rings. The summed E-state index contributed by atoms with van der Waals surface area (Å²) in [4.78, 5) is 4.95. The van der Waals surface area contributed by atoms with E-state index in [4.69, 9.17) is 5.73 Å². The molecule has 1 aromatic carbocycles. The van der Waals surface area contributed by atoms with E-state index < -0.39 is 0 Å². The number of hydrogen-bond donors (Lipinski definition) is 1. The number of likely N-dealkylation sites (N-methyl/N-ethyl adjacent to an activating group) is 1. The molecule has 2 unspecified atom stereocenters. The first-order valence-corrected chi connectivity index (χ1v) is 7.75. The van der Waals surface area contributed by atoms with Crippen molar-refractivity contribution in [2.75, 3.05) is 31.6 Å². The van der Waals surface area contributed by atoms with E-state index in [1.54, 1.807) is 0 Å². The lowest BCUT2D eigenvalue weighted by molar-refractivity contribution is 0.227. The molecule has 0 radical (unpaired) electrons. The van der Waals surface area contributed by atoms with Gasteiger partial charge >= 0.3 is 0 Å². The number of rotatable bonds is 3. The zero-order valence-electron chi connectivity index (χ0n) is 12.1. The summed E-state index contributed by atoms with van der Waals surface area (Å²) in [5.74, 6) is 0. The SMILES string of the molecule is Cc1ccc(N2C(C)CN(C)CC2CCN)cc1Br. The maximum atomic E-state index is 5.79. The molecule has 1 aliphatic rings. The first-order valence-electron chi connectivity index (χ1n) is 6.96. The van der Waals surface area contributed by atoms with Crippen LogP contribution in [0.4, 0.5) is 5.69 Å². The van der Waals surface area contributed by atoms with Crippen LogP contribution >= 0.6 is 15.9 Å². The minimum absolute atomic E-state index is 0.508. The summed E-state index contributed by atoms with van der Waals surface area (Å²) < 4.78 is 1.18. The van der Waals surface area contributed by atoms with Gasteiger partial charge in [-0.15, -0.1) is 0 Å². The van der Waals surface area contributed by atoms with E-state index in [9.17, 15) is 0 Å². The third kappa shape index (κ3) is 3.30. The molecule has 0 aliphatic carbocycles. The van der Waals surface area contributed by atoms with E-state index in [1.165, 1.54) is 15.7 Å². The molecular formula is C15H24BrN3. The van der Waals surface area contributed by atoms with Crippen molar-refractivity contribution in [3.05, 3.63) is 28.2 Å². The highest BCUT2D eigenvalue weighted by Gasteiger charge is 2.30. The molecule has 0 aromatic heterocycles. The number of benzene rings is 1. The van der Waals surface area contributed by atoms with Crippen LogP contribution in [-0.4, -0.2) is 43.7 Å². The molecule has 0 bridgehead atoms. The van der Waals surface area contributed by atoms with E-state index in [-0.39, 0.29) is 0 Å². The van der Waals surface area contributed by atoms with Crippen LogP contribution in [0.25, 0.3) is 0 Å². The second-order valence-electron chi connectivity index (χ2n) is 5.64. The third-order valence-electron chi connectivity index (χ3n) is 3.92. The minimum Gasteiger partial charge on any atom is -0.363 e. The van der Waals surface area contributed by atoms with Crippen LogP contribution in [-0.2, 0) is 0 Å². The molecule has 0 saturated carbocycles. The molecule has 3 nitrogen and oxygen atoms in total. The minimum atomic E-state index is 0.508. The maximum absolute atomic E-state index is 5.79. The molecule has 2 atom stereocenters. The molecule has 0 amide bonds. The van der Waals surface area contributed by atoms with Crippen molar-refractivity contribution in [1.29, 1.82) is 0 Å². The van der Waals surface area contributed by atoms with Crippen LogP contribution in [0, 0.1) is 6.92 Å². The van der Waals surface area contributed by atoms with Crippen molar-refractivity contribution in [3.8, 4) is 0 Å². The van der Waals surface area contributed by atoms with Gasteiger partial charge in [-0.2, -0.15) is 0 Å². The summed E-state index contributed by atoms with van der Waals surface area (Å²) in [5.41, 5.74) is 8.37. The van der Waals surface area contributed by atoms with Crippen molar-refractivity contribution in [2.24, 2.45) is 5.73 Å². The number of nitrogens with two attached hydrogens (primary N) is 1. The number of piperazine rings is 1. The summed E-state index contributed by atoms with van der Waals surface area (Å²) in [7, 11) is 2.20. The van der Waals surface area contributed by atoms with Crippen molar-refractivity contribution in [2.45, 2.75) is 32.4 Å². The lowest BCUT2D eigenvalue weighted by Gasteiger charge is -2.46. The van der Waals surface area contributed by atoms with Gasteiger partial charge in [0, 0.05) is 35.3 Å². The molecule has 106 valence electrons. The van der Waals surface area contributed by atoms with E-state index in [2.05, 4.69) is 64.8 Å². The van der Waals surface area contributed by atoms with Crippen LogP contribution in [0.15, 0.2) is 22.7 Å². The Morgan fingerprint density at radius 2 is 2.11 bits per heavy atom. The van der Waals surface area contributed by atoms with Crippen molar-refractivity contribution in [1.82, 2.24) is 4.90 Å². The van der Waals surface area contributed by atoms with Gasteiger partial charge in [0.2, 0.25) is 0 Å². The first kappa shape index (κ1) is 14.8. The second-order valence-corrected chi connectivity index (χ2v) is 6.50. The predicted molar refractivity (Wildman–Crippen MR) is 85.8 cm³/mol. The Morgan fingerprint density at radius 3 is 2.74 bits per heavy atom. The highest BCUT2D eigenvalue weighted by molar-refractivity contribution is 9.10. The smallest absolute Gasteiger partial charge is 0.0432 e. The summed E-state index contributed by atoms with van der Waals surface area (Å²) >= 11 is 3.64. The fraction of sp³-hybridized carbons (Fsp3) is 0.600. The van der Waals surface area contributed by atoms with Gasteiger partial charge < -0.3 is 15.5 Å². The van der Waals surface area contributed by atoms with Crippen molar-refractivity contribution >= 4 is 21.6 Å². The second kappa shape index (κ2) is 6.25. The highest BCUT2D eigenvalue weighted by atomic mass is 79.9. The van der Waals surface area contributed by atoms with Gasteiger partial charge in [0.15, 0.2) is 0 Å². The Hall–Kier alpha value is -0.580. The van der Waals surface area contributed by atoms with Gasteiger partial charge in [-0.05, 0) is 51.6 Å². The fourth-order valence-corrected chi connectivity index (χ4v) is 3.42. The van der Waals surface area contributed by atoms with Crippen molar-refractivity contribution in [3.63, 3.8) is 0 Å². The molecule has 19 heavy (non-hydrogen) atoms. The fourth-order valence-electron chi connectivity index (χ4n) is 3.05. The van der Waals surface area contributed by atoms with Crippen LogP contribution in [0.3, 0.4) is 0 Å².